The molecule has 0 saturated carbocycles. The number of nitrogens with zero attached hydrogens (tertiary/aromatic N) is 4. The van der Waals surface area contributed by atoms with Crippen molar-refractivity contribution in [1.29, 1.82) is 0 Å². The van der Waals surface area contributed by atoms with Crippen LogP contribution >= 0.6 is 0 Å². The van der Waals surface area contributed by atoms with Gasteiger partial charge in [-0.25, -0.2) is 15.0 Å². The molecule has 266 valence electrons. The second-order valence-electron chi connectivity index (χ2n) is 14.4. The van der Waals surface area contributed by atoms with E-state index in [2.05, 4.69) is 174 Å². The van der Waals surface area contributed by atoms with E-state index in [9.17, 15) is 0 Å². The summed E-state index contributed by atoms with van der Waals surface area (Å²) >= 11 is 0. The zero-order valence-electron chi connectivity index (χ0n) is 30.9. The molecule has 0 aliphatic rings. The highest BCUT2D eigenvalue weighted by Gasteiger charge is 2.19. The van der Waals surface area contributed by atoms with Gasteiger partial charge in [0.15, 0.2) is 5.82 Å². The fraction of sp³-hybridized carbons (Fsp3) is 0. The van der Waals surface area contributed by atoms with Gasteiger partial charge in [-0.05, 0) is 47.5 Å². The Morgan fingerprint density at radius 3 is 1.49 bits per heavy atom. The molecule has 0 N–H and O–H groups in total. The Morgan fingerprint density at radius 1 is 0.316 bits per heavy atom. The fourth-order valence-electron chi connectivity index (χ4n) is 8.30. The number of fused-ring (bicyclic) bond motifs is 7. The summed E-state index contributed by atoms with van der Waals surface area (Å²) in [6.45, 7) is 0. The Bertz CT molecular complexity index is 3190. The SMILES string of the molecule is c1ccc(-c2cc(-c3ccccc3)nc(-c3ccc(-c4ccc(-c5nc6ccccc6c6c5ccc5c6c6ccccc6n5-c5ccccc5)cc4)cc3)n2)cc1. The topological polar surface area (TPSA) is 43.6 Å². The van der Waals surface area contributed by atoms with Crippen LogP contribution in [0.25, 0.3) is 105 Å². The van der Waals surface area contributed by atoms with Crippen LogP contribution in [0, 0.1) is 0 Å². The monoisotopic (exact) mass is 726 g/mol. The minimum Gasteiger partial charge on any atom is -0.309 e. The minimum absolute atomic E-state index is 0.701. The second-order valence-corrected chi connectivity index (χ2v) is 14.4. The van der Waals surface area contributed by atoms with Crippen molar-refractivity contribution in [2.75, 3.05) is 0 Å². The molecule has 3 aromatic heterocycles. The van der Waals surface area contributed by atoms with E-state index in [4.69, 9.17) is 15.0 Å². The third kappa shape index (κ3) is 5.66. The molecule has 0 saturated heterocycles. The van der Waals surface area contributed by atoms with E-state index >= 15 is 0 Å². The van der Waals surface area contributed by atoms with Crippen molar-refractivity contribution in [3.05, 3.63) is 206 Å². The first-order valence-electron chi connectivity index (χ1n) is 19.3. The van der Waals surface area contributed by atoms with Crippen LogP contribution in [0.2, 0.25) is 0 Å². The van der Waals surface area contributed by atoms with Gasteiger partial charge in [0.2, 0.25) is 0 Å². The largest absolute Gasteiger partial charge is 0.309 e. The van der Waals surface area contributed by atoms with Crippen molar-refractivity contribution in [2.24, 2.45) is 0 Å². The van der Waals surface area contributed by atoms with Gasteiger partial charge in [-0.2, -0.15) is 0 Å². The summed E-state index contributed by atoms with van der Waals surface area (Å²) in [5, 5.41) is 6.01. The standard InChI is InChI=1S/C53H34N4/c1-4-14-37(15-5-1)46-34-47(38-16-6-2-7-17-38)56-53(55-46)40-30-26-36(27-31-40)35-24-28-39(29-25-35)52-44-32-33-49-51(50(44)42-20-10-12-22-45(42)54-52)43-21-11-13-23-48(43)57(49)41-18-8-3-9-19-41/h1-34H. The fourth-order valence-corrected chi connectivity index (χ4v) is 8.30. The van der Waals surface area contributed by atoms with Crippen LogP contribution in [-0.4, -0.2) is 19.5 Å². The van der Waals surface area contributed by atoms with Crippen molar-refractivity contribution in [3.63, 3.8) is 0 Å². The molecule has 0 atom stereocenters. The van der Waals surface area contributed by atoms with Crippen LogP contribution in [0.15, 0.2) is 206 Å². The molecule has 57 heavy (non-hydrogen) atoms. The number of hydrogen-bond donors (Lipinski definition) is 0. The normalized spacial score (nSPS) is 11.5. The third-order valence-electron chi connectivity index (χ3n) is 11.0. The number of rotatable bonds is 6. The lowest BCUT2D eigenvalue weighted by molar-refractivity contribution is 1.18. The number of para-hydroxylation sites is 3. The van der Waals surface area contributed by atoms with Gasteiger partial charge in [0.05, 0.1) is 33.6 Å². The molecule has 0 radical (unpaired) electrons. The molecule has 0 spiro atoms. The average molecular weight is 727 g/mol. The smallest absolute Gasteiger partial charge is 0.160 e. The van der Waals surface area contributed by atoms with Gasteiger partial charge >= 0.3 is 0 Å². The molecule has 0 aliphatic carbocycles. The third-order valence-corrected chi connectivity index (χ3v) is 11.0. The minimum atomic E-state index is 0.701. The summed E-state index contributed by atoms with van der Waals surface area (Å²) in [4.78, 5) is 15.4. The first-order valence-corrected chi connectivity index (χ1v) is 19.3. The summed E-state index contributed by atoms with van der Waals surface area (Å²) in [6, 6.07) is 72.5. The predicted octanol–water partition coefficient (Wildman–Crippen LogP) is 13.6. The van der Waals surface area contributed by atoms with Gasteiger partial charge in [-0.3, -0.25) is 0 Å². The van der Waals surface area contributed by atoms with Gasteiger partial charge in [-0.15, -0.1) is 0 Å². The summed E-state index contributed by atoms with van der Waals surface area (Å²) < 4.78 is 2.38. The van der Waals surface area contributed by atoms with E-state index in [-0.39, 0.29) is 0 Å². The van der Waals surface area contributed by atoms with Crippen molar-refractivity contribution < 1.29 is 0 Å². The van der Waals surface area contributed by atoms with Crippen LogP contribution < -0.4 is 0 Å². The van der Waals surface area contributed by atoms with Crippen molar-refractivity contribution in [1.82, 2.24) is 19.5 Å². The quantitative estimate of drug-likeness (QED) is 0.160. The molecule has 0 unspecified atom stereocenters. The van der Waals surface area contributed by atoms with E-state index in [1.165, 1.54) is 27.2 Å². The molecule has 0 aliphatic heterocycles. The molecule has 0 amide bonds. The number of hydrogen-bond acceptors (Lipinski definition) is 3. The summed E-state index contributed by atoms with van der Waals surface area (Å²) in [5.41, 5.74) is 13.7. The molecule has 3 heterocycles. The number of benzene rings is 8. The lowest BCUT2D eigenvalue weighted by Crippen LogP contribution is -1.96. The maximum atomic E-state index is 5.31. The highest BCUT2D eigenvalue weighted by molar-refractivity contribution is 6.29. The summed E-state index contributed by atoms with van der Waals surface area (Å²) in [5.74, 6) is 0.701. The number of pyridine rings is 1. The lowest BCUT2D eigenvalue weighted by atomic mass is 9.95. The van der Waals surface area contributed by atoms with Crippen molar-refractivity contribution >= 4 is 43.5 Å². The molecule has 0 fully saturated rings. The van der Waals surface area contributed by atoms with Gasteiger partial charge in [0.1, 0.15) is 0 Å². The zero-order chi connectivity index (χ0) is 37.7. The molecular weight excluding hydrogens is 693 g/mol. The van der Waals surface area contributed by atoms with Gasteiger partial charge < -0.3 is 4.57 Å². The van der Waals surface area contributed by atoms with Gasteiger partial charge in [0, 0.05) is 54.9 Å². The molecule has 8 aromatic carbocycles. The van der Waals surface area contributed by atoms with E-state index in [1.807, 2.05) is 36.4 Å². The van der Waals surface area contributed by atoms with E-state index in [0.29, 0.717) is 5.82 Å². The van der Waals surface area contributed by atoms with Crippen LogP contribution in [0.4, 0.5) is 0 Å². The van der Waals surface area contributed by atoms with Crippen molar-refractivity contribution in [2.45, 2.75) is 0 Å². The highest BCUT2D eigenvalue weighted by atomic mass is 15.0. The Morgan fingerprint density at radius 2 is 0.842 bits per heavy atom. The molecular formula is C53H34N4. The van der Waals surface area contributed by atoms with E-state index in [0.717, 1.165) is 72.4 Å². The maximum absolute atomic E-state index is 5.31. The first kappa shape index (κ1) is 32.7. The number of aromatic nitrogens is 4. The summed E-state index contributed by atoms with van der Waals surface area (Å²) in [6.07, 6.45) is 0. The Labute approximate surface area is 330 Å². The Balaban J connectivity index is 0.996. The molecule has 4 heteroatoms. The van der Waals surface area contributed by atoms with Crippen LogP contribution in [0.3, 0.4) is 0 Å². The molecule has 0 bridgehead atoms. The van der Waals surface area contributed by atoms with Crippen molar-refractivity contribution in [3.8, 4) is 62.0 Å². The van der Waals surface area contributed by atoms with Crippen LogP contribution in [0.1, 0.15) is 0 Å². The highest BCUT2D eigenvalue weighted by Crippen LogP contribution is 2.42. The molecule has 11 aromatic rings. The molecule has 4 nitrogen and oxygen atoms in total. The molecule has 11 rings (SSSR count). The maximum Gasteiger partial charge on any atom is 0.160 e. The summed E-state index contributed by atoms with van der Waals surface area (Å²) in [7, 11) is 0. The van der Waals surface area contributed by atoms with Gasteiger partial charge in [0.25, 0.3) is 0 Å². The first-order chi connectivity index (χ1) is 28.3. The zero-order valence-corrected chi connectivity index (χ0v) is 30.9. The van der Waals surface area contributed by atoms with E-state index in [1.54, 1.807) is 0 Å². The van der Waals surface area contributed by atoms with Crippen LogP contribution in [0.5, 0.6) is 0 Å². The lowest BCUT2D eigenvalue weighted by Gasteiger charge is -2.13. The predicted molar refractivity (Wildman–Crippen MR) is 236 cm³/mol. The second kappa shape index (κ2) is 13.6. The Kier molecular flexibility index (Phi) is 7.78. The Hall–Kier alpha value is -7.69. The van der Waals surface area contributed by atoms with Gasteiger partial charge in [-0.1, -0.05) is 170 Å². The average Bonchev–Trinajstić information content (AvgIpc) is 3.64. The van der Waals surface area contributed by atoms with Crippen LogP contribution in [-0.2, 0) is 0 Å². The van der Waals surface area contributed by atoms with E-state index < -0.39 is 0 Å².